The number of aryl methyl sites for hydroxylation is 1. The van der Waals surface area contributed by atoms with Crippen molar-refractivity contribution in [1.82, 2.24) is 10.2 Å². The molecule has 7 heteroatoms. The summed E-state index contributed by atoms with van der Waals surface area (Å²) in [7, 11) is -3.62. The number of nitrogens with zero attached hydrogens (tertiary/aromatic N) is 2. The monoisotopic (exact) mass is 429 g/mol. The van der Waals surface area contributed by atoms with E-state index in [0.717, 1.165) is 37.0 Å². The van der Waals surface area contributed by atoms with E-state index >= 15 is 0 Å². The van der Waals surface area contributed by atoms with Gasteiger partial charge >= 0.3 is 0 Å². The van der Waals surface area contributed by atoms with Gasteiger partial charge in [0.1, 0.15) is 6.04 Å². The van der Waals surface area contributed by atoms with Crippen LogP contribution in [0.3, 0.4) is 0 Å². The van der Waals surface area contributed by atoms with Gasteiger partial charge in [-0.15, -0.1) is 0 Å². The largest absolute Gasteiger partial charge is 0.350 e. The molecule has 1 N–H and O–H groups in total. The fourth-order valence-electron chi connectivity index (χ4n) is 3.97. The van der Waals surface area contributed by atoms with Gasteiger partial charge in [-0.2, -0.15) is 0 Å². The van der Waals surface area contributed by atoms with Gasteiger partial charge in [0.05, 0.1) is 11.9 Å². The molecule has 0 aliphatic carbocycles. The van der Waals surface area contributed by atoms with Gasteiger partial charge in [0.2, 0.25) is 15.9 Å². The molecular weight excluding hydrogens is 398 g/mol. The van der Waals surface area contributed by atoms with Crippen LogP contribution in [0.5, 0.6) is 0 Å². The predicted octanol–water partition coefficient (Wildman–Crippen LogP) is 3.06. The van der Waals surface area contributed by atoms with Crippen molar-refractivity contribution in [1.29, 1.82) is 0 Å². The van der Waals surface area contributed by atoms with E-state index in [2.05, 4.69) is 16.3 Å². The number of amides is 1. The Balaban J connectivity index is 1.72. The Bertz CT molecular complexity index is 985. The number of rotatable bonds is 8. The SMILES string of the molecule is Cc1cccc(N(C(C)C(=O)NCc2ccccc2CN2CCCC2)S(C)(=O)=O)c1. The molecular formula is C23H31N3O3S. The average Bonchev–Trinajstić information content (AvgIpc) is 3.19. The molecule has 1 saturated heterocycles. The Hall–Kier alpha value is -2.38. The van der Waals surface area contributed by atoms with Gasteiger partial charge in [-0.1, -0.05) is 36.4 Å². The van der Waals surface area contributed by atoms with Crippen LogP contribution in [-0.4, -0.2) is 44.6 Å². The van der Waals surface area contributed by atoms with Crippen LogP contribution in [0.4, 0.5) is 5.69 Å². The van der Waals surface area contributed by atoms with Gasteiger partial charge in [0.15, 0.2) is 0 Å². The fourth-order valence-corrected chi connectivity index (χ4v) is 5.14. The maximum Gasteiger partial charge on any atom is 0.243 e. The van der Waals surface area contributed by atoms with E-state index in [-0.39, 0.29) is 5.91 Å². The zero-order valence-electron chi connectivity index (χ0n) is 18.0. The summed E-state index contributed by atoms with van der Waals surface area (Å²) in [4.78, 5) is 15.3. The van der Waals surface area contributed by atoms with Gasteiger partial charge < -0.3 is 5.32 Å². The second-order valence-corrected chi connectivity index (χ2v) is 9.90. The van der Waals surface area contributed by atoms with E-state index in [0.29, 0.717) is 12.2 Å². The quantitative estimate of drug-likeness (QED) is 0.700. The number of hydrogen-bond donors (Lipinski definition) is 1. The first-order valence-corrected chi connectivity index (χ1v) is 12.2. The zero-order valence-corrected chi connectivity index (χ0v) is 18.8. The number of likely N-dealkylation sites (tertiary alicyclic amines) is 1. The first-order chi connectivity index (χ1) is 14.3. The van der Waals surface area contributed by atoms with Gasteiger partial charge in [-0.05, 0) is 68.6 Å². The molecule has 3 rings (SSSR count). The van der Waals surface area contributed by atoms with Crippen molar-refractivity contribution in [3.63, 3.8) is 0 Å². The molecule has 1 atom stereocenters. The number of carbonyl (C=O) groups excluding carboxylic acids is 1. The second-order valence-electron chi connectivity index (χ2n) is 8.04. The van der Waals surface area contributed by atoms with Crippen molar-refractivity contribution in [2.75, 3.05) is 23.7 Å². The molecule has 1 aliphatic heterocycles. The molecule has 1 heterocycles. The Morgan fingerprint density at radius 3 is 2.40 bits per heavy atom. The lowest BCUT2D eigenvalue weighted by molar-refractivity contribution is -0.122. The third-order valence-electron chi connectivity index (χ3n) is 5.51. The van der Waals surface area contributed by atoms with E-state index < -0.39 is 16.1 Å². The number of hydrogen-bond acceptors (Lipinski definition) is 4. The minimum Gasteiger partial charge on any atom is -0.350 e. The molecule has 0 radical (unpaired) electrons. The third kappa shape index (κ3) is 5.61. The molecule has 0 saturated carbocycles. The smallest absolute Gasteiger partial charge is 0.243 e. The fraction of sp³-hybridized carbons (Fsp3) is 0.435. The summed E-state index contributed by atoms with van der Waals surface area (Å²) < 4.78 is 26.1. The summed E-state index contributed by atoms with van der Waals surface area (Å²) in [5.41, 5.74) is 3.69. The van der Waals surface area contributed by atoms with Crippen molar-refractivity contribution < 1.29 is 13.2 Å². The van der Waals surface area contributed by atoms with Crippen LogP contribution in [0.15, 0.2) is 48.5 Å². The van der Waals surface area contributed by atoms with Crippen LogP contribution in [0, 0.1) is 6.92 Å². The normalized spacial score (nSPS) is 15.7. The number of carbonyl (C=O) groups is 1. The number of anilines is 1. The lowest BCUT2D eigenvalue weighted by atomic mass is 10.1. The number of sulfonamides is 1. The highest BCUT2D eigenvalue weighted by molar-refractivity contribution is 7.92. The highest BCUT2D eigenvalue weighted by atomic mass is 32.2. The zero-order chi connectivity index (χ0) is 21.7. The van der Waals surface area contributed by atoms with Gasteiger partial charge in [-0.3, -0.25) is 14.0 Å². The van der Waals surface area contributed by atoms with Crippen LogP contribution >= 0.6 is 0 Å². The van der Waals surface area contributed by atoms with Gasteiger partial charge in [0.25, 0.3) is 0 Å². The van der Waals surface area contributed by atoms with Gasteiger partial charge in [0, 0.05) is 13.1 Å². The van der Waals surface area contributed by atoms with Gasteiger partial charge in [-0.25, -0.2) is 8.42 Å². The second kappa shape index (κ2) is 9.62. The lowest BCUT2D eigenvalue weighted by Crippen LogP contribution is -2.47. The molecule has 0 bridgehead atoms. The van der Waals surface area contributed by atoms with E-state index in [1.165, 1.54) is 22.7 Å². The summed E-state index contributed by atoms with van der Waals surface area (Å²) in [6.07, 6.45) is 3.60. The van der Waals surface area contributed by atoms with Crippen LogP contribution in [0.2, 0.25) is 0 Å². The van der Waals surface area contributed by atoms with Crippen molar-refractivity contribution in [3.8, 4) is 0 Å². The standard InChI is InChI=1S/C23H31N3O3S/c1-18-9-8-12-22(15-18)26(30(3,28)29)19(2)23(27)24-16-20-10-4-5-11-21(20)17-25-13-6-7-14-25/h4-5,8-12,15,19H,6-7,13-14,16-17H2,1-3H3,(H,24,27). The third-order valence-corrected chi connectivity index (χ3v) is 6.75. The van der Waals surface area contributed by atoms with Crippen molar-refractivity contribution >= 4 is 21.6 Å². The van der Waals surface area contributed by atoms with E-state index in [9.17, 15) is 13.2 Å². The molecule has 1 fully saturated rings. The average molecular weight is 430 g/mol. The minimum atomic E-state index is -3.62. The first-order valence-electron chi connectivity index (χ1n) is 10.4. The summed E-state index contributed by atoms with van der Waals surface area (Å²) in [5.74, 6) is -0.321. The molecule has 6 nitrogen and oxygen atoms in total. The number of benzene rings is 2. The maximum absolute atomic E-state index is 12.9. The van der Waals surface area contributed by atoms with Crippen molar-refractivity contribution in [2.45, 2.75) is 45.8 Å². The van der Waals surface area contributed by atoms with E-state index in [4.69, 9.17) is 0 Å². The minimum absolute atomic E-state index is 0.321. The highest BCUT2D eigenvalue weighted by Gasteiger charge is 2.29. The van der Waals surface area contributed by atoms with Crippen LogP contribution in [0.1, 0.15) is 36.5 Å². The molecule has 2 aromatic rings. The molecule has 0 spiro atoms. The Kier molecular flexibility index (Phi) is 7.15. The molecule has 0 aromatic heterocycles. The highest BCUT2D eigenvalue weighted by Crippen LogP contribution is 2.22. The van der Waals surface area contributed by atoms with Crippen molar-refractivity contribution in [2.24, 2.45) is 0 Å². The summed E-state index contributed by atoms with van der Waals surface area (Å²) in [6, 6.07) is 14.4. The summed E-state index contributed by atoms with van der Waals surface area (Å²) >= 11 is 0. The van der Waals surface area contributed by atoms with Crippen LogP contribution in [-0.2, 0) is 27.9 Å². The lowest BCUT2D eigenvalue weighted by Gasteiger charge is -2.28. The summed E-state index contributed by atoms with van der Waals surface area (Å²) in [5, 5.41) is 2.94. The Morgan fingerprint density at radius 2 is 1.77 bits per heavy atom. The number of nitrogens with one attached hydrogen (secondary N) is 1. The van der Waals surface area contributed by atoms with Crippen LogP contribution < -0.4 is 9.62 Å². The van der Waals surface area contributed by atoms with Crippen molar-refractivity contribution in [3.05, 3.63) is 65.2 Å². The molecule has 1 amide bonds. The molecule has 162 valence electrons. The summed E-state index contributed by atoms with van der Waals surface area (Å²) in [6.45, 7) is 6.98. The Morgan fingerprint density at radius 1 is 1.10 bits per heavy atom. The maximum atomic E-state index is 12.9. The van der Waals surface area contributed by atoms with E-state index in [1.54, 1.807) is 25.1 Å². The topological polar surface area (TPSA) is 69.7 Å². The first kappa shape index (κ1) is 22.3. The molecule has 1 aliphatic rings. The predicted molar refractivity (Wildman–Crippen MR) is 121 cm³/mol. The Labute approximate surface area is 179 Å². The molecule has 30 heavy (non-hydrogen) atoms. The molecule has 1 unspecified atom stereocenters. The van der Waals surface area contributed by atoms with Crippen LogP contribution in [0.25, 0.3) is 0 Å². The molecule has 2 aromatic carbocycles. The van der Waals surface area contributed by atoms with E-state index in [1.807, 2.05) is 31.2 Å².